The van der Waals surface area contributed by atoms with Gasteiger partial charge in [0.1, 0.15) is 5.75 Å². The van der Waals surface area contributed by atoms with Gasteiger partial charge in [0, 0.05) is 6.54 Å². The van der Waals surface area contributed by atoms with Crippen molar-refractivity contribution in [3.63, 3.8) is 0 Å². The summed E-state index contributed by atoms with van der Waals surface area (Å²) in [6, 6.07) is 6.19. The van der Waals surface area contributed by atoms with E-state index < -0.39 is 6.36 Å². The molecule has 2 aliphatic carbocycles. The average Bonchev–Trinajstić information content (AvgIpc) is 3.25. The number of benzene rings is 1. The highest BCUT2D eigenvalue weighted by Gasteiger charge is 2.40. The molecule has 0 aliphatic heterocycles. The Morgan fingerprint density at radius 2 is 1.81 bits per heavy atom. The number of nitrogens with one attached hydrogen (secondary N) is 1. The van der Waals surface area contributed by atoms with E-state index in [-0.39, 0.29) is 5.75 Å². The maximum atomic E-state index is 12.2. The Hall–Kier alpha value is -1.23. The molecular weight excluding hydrogens is 279 g/mol. The summed E-state index contributed by atoms with van der Waals surface area (Å²) in [6.45, 7) is 1.56. The summed E-state index contributed by atoms with van der Waals surface area (Å²) >= 11 is 0. The van der Waals surface area contributed by atoms with Gasteiger partial charge in [-0.1, -0.05) is 12.1 Å². The lowest BCUT2D eigenvalue weighted by Gasteiger charge is -2.16. The normalized spacial score (nSPS) is 19.0. The lowest BCUT2D eigenvalue weighted by molar-refractivity contribution is -0.274. The molecule has 0 aromatic heterocycles. The van der Waals surface area contributed by atoms with Crippen molar-refractivity contribution < 1.29 is 17.9 Å². The second-order valence-corrected chi connectivity index (χ2v) is 6.16. The van der Waals surface area contributed by atoms with Gasteiger partial charge in [-0.2, -0.15) is 0 Å². The molecule has 0 bridgehead atoms. The van der Waals surface area contributed by atoms with Crippen LogP contribution in [-0.4, -0.2) is 12.9 Å². The third kappa shape index (κ3) is 4.63. The van der Waals surface area contributed by atoms with Crippen LogP contribution in [0.15, 0.2) is 24.3 Å². The average molecular weight is 299 g/mol. The molecule has 0 unspecified atom stereocenters. The molecule has 21 heavy (non-hydrogen) atoms. The molecular formula is C16H20F3NO. The largest absolute Gasteiger partial charge is 0.573 e. The molecule has 2 fully saturated rings. The molecule has 0 atom stereocenters. The Balaban J connectivity index is 1.49. The number of hydrogen-bond acceptors (Lipinski definition) is 2. The van der Waals surface area contributed by atoms with Gasteiger partial charge in [-0.25, -0.2) is 0 Å². The molecule has 0 radical (unpaired) electrons. The second-order valence-electron chi connectivity index (χ2n) is 6.16. The van der Waals surface area contributed by atoms with Gasteiger partial charge in [0.15, 0.2) is 0 Å². The molecule has 0 spiro atoms. The van der Waals surface area contributed by atoms with Crippen LogP contribution in [0, 0.1) is 17.8 Å². The Bertz CT molecular complexity index is 469. The van der Waals surface area contributed by atoms with Crippen LogP contribution in [0.2, 0.25) is 0 Å². The van der Waals surface area contributed by atoms with Gasteiger partial charge < -0.3 is 10.1 Å². The Morgan fingerprint density at radius 3 is 2.38 bits per heavy atom. The Labute approximate surface area is 122 Å². The number of rotatable bonds is 7. The first-order valence-corrected chi connectivity index (χ1v) is 7.57. The van der Waals surface area contributed by atoms with Crippen molar-refractivity contribution in [2.75, 3.05) is 6.54 Å². The van der Waals surface area contributed by atoms with E-state index in [9.17, 15) is 13.2 Å². The van der Waals surface area contributed by atoms with Gasteiger partial charge in [-0.15, -0.1) is 13.2 Å². The monoisotopic (exact) mass is 299 g/mol. The lowest BCUT2D eigenvalue weighted by Crippen LogP contribution is -2.25. The van der Waals surface area contributed by atoms with Crippen molar-refractivity contribution in [2.45, 2.75) is 38.6 Å². The third-order valence-corrected chi connectivity index (χ3v) is 4.30. The minimum Gasteiger partial charge on any atom is -0.406 e. The van der Waals surface area contributed by atoms with Crippen molar-refractivity contribution in [1.82, 2.24) is 5.32 Å². The van der Waals surface area contributed by atoms with E-state index >= 15 is 0 Å². The van der Waals surface area contributed by atoms with Crippen LogP contribution in [0.5, 0.6) is 5.75 Å². The summed E-state index contributed by atoms with van der Waals surface area (Å²) in [7, 11) is 0. The summed E-state index contributed by atoms with van der Waals surface area (Å²) in [4.78, 5) is 0. The fourth-order valence-corrected chi connectivity index (χ4v) is 3.00. The van der Waals surface area contributed by atoms with Gasteiger partial charge in [-0.05, 0) is 67.7 Å². The predicted octanol–water partition coefficient (Wildman–Crippen LogP) is 4.11. The van der Waals surface area contributed by atoms with E-state index in [0.29, 0.717) is 6.54 Å². The zero-order valence-corrected chi connectivity index (χ0v) is 11.8. The summed E-state index contributed by atoms with van der Waals surface area (Å²) < 4.78 is 40.5. The van der Waals surface area contributed by atoms with Crippen molar-refractivity contribution >= 4 is 0 Å². The molecule has 5 heteroatoms. The van der Waals surface area contributed by atoms with E-state index in [0.717, 1.165) is 29.9 Å². The molecule has 0 amide bonds. The van der Waals surface area contributed by atoms with Crippen LogP contribution in [0.1, 0.15) is 31.2 Å². The molecule has 2 aliphatic rings. The number of ether oxygens (including phenoxy) is 1. The standard InChI is InChI=1S/C16H20F3NO/c17-16(18,19)21-14-3-1-2-11(8-14)9-20-10-15(12-4-5-12)13-6-7-13/h1-3,8,12-13,15,20H,4-7,9-10H2. The van der Waals surface area contributed by atoms with Gasteiger partial charge in [0.05, 0.1) is 0 Å². The minimum absolute atomic E-state index is 0.150. The van der Waals surface area contributed by atoms with Crippen LogP contribution >= 0.6 is 0 Å². The van der Waals surface area contributed by atoms with Crippen molar-refractivity contribution in [2.24, 2.45) is 17.8 Å². The summed E-state index contributed by atoms with van der Waals surface area (Å²) in [6.07, 6.45) is 0.750. The van der Waals surface area contributed by atoms with E-state index in [2.05, 4.69) is 10.1 Å². The van der Waals surface area contributed by atoms with Crippen LogP contribution in [-0.2, 0) is 6.54 Å². The van der Waals surface area contributed by atoms with Gasteiger partial charge >= 0.3 is 6.36 Å². The van der Waals surface area contributed by atoms with E-state index in [1.807, 2.05) is 6.07 Å². The van der Waals surface area contributed by atoms with Gasteiger partial charge in [0.25, 0.3) is 0 Å². The molecule has 1 N–H and O–H groups in total. The minimum atomic E-state index is -4.63. The summed E-state index contributed by atoms with van der Waals surface area (Å²) in [5.74, 6) is 2.37. The number of alkyl halides is 3. The SMILES string of the molecule is FC(F)(F)Oc1cccc(CNCC(C2CC2)C2CC2)c1. The molecule has 0 saturated heterocycles. The first kappa shape index (κ1) is 14.7. The Morgan fingerprint density at radius 1 is 1.14 bits per heavy atom. The van der Waals surface area contributed by atoms with Crippen LogP contribution in [0.3, 0.4) is 0 Å². The zero-order valence-electron chi connectivity index (χ0n) is 11.8. The highest BCUT2D eigenvalue weighted by molar-refractivity contribution is 5.28. The lowest BCUT2D eigenvalue weighted by atomic mass is 9.98. The quantitative estimate of drug-likeness (QED) is 0.818. The highest BCUT2D eigenvalue weighted by Crippen LogP contribution is 2.48. The van der Waals surface area contributed by atoms with Crippen molar-refractivity contribution in [1.29, 1.82) is 0 Å². The molecule has 2 saturated carbocycles. The number of hydrogen-bond donors (Lipinski definition) is 1. The molecule has 116 valence electrons. The second kappa shape index (κ2) is 5.87. The van der Waals surface area contributed by atoms with Crippen molar-refractivity contribution in [3.8, 4) is 5.75 Å². The highest BCUT2D eigenvalue weighted by atomic mass is 19.4. The molecule has 1 aromatic carbocycles. The maximum Gasteiger partial charge on any atom is 0.573 e. The Kier molecular flexibility index (Phi) is 4.11. The molecule has 0 heterocycles. The molecule has 2 nitrogen and oxygen atoms in total. The third-order valence-electron chi connectivity index (χ3n) is 4.30. The van der Waals surface area contributed by atoms with E-state index in [4.69, 9.17) is 0 Å². The van der Waals surface area contributed by atoms with Crippen LogP contribution in [0.4, 0.5) is 13.2 Å². The van der Waals surface area contributed by atoms with Gasteiger partial charge in [-0.3, -0.25) is 0 Å². The van der Waals surface area contributed by atoms with Gasteiger partial charge in [0.2, 0.25) is 0 Å². The van der Waals surface area contributed by atoms with E-state index in [1.165, 1.54) is 37.8 Å². The smallest absolute Gasteiger partial charge is 0.406 e. The van der Waals surface area contributed by atoms with Crippen LogP contribution in [0.25, 0.3) is 0 Å². The fourth-order valence-electron chi connectivity index (χ4n) is 3.00. The molecule has 3 rings (SSSR count). The van der Waals surface area contributed by atoms with Crippen molar-refractivity contribution in [3.05, 3.63) is 29.8 Å². The maximum absolute atomic E-state index is 12.2. The summed E-state index contributed by atoms with van der Waals surface area (Å²) in [5.41, 5.74) is 0.821. The van der Waals surface area contributed by atoms with Crippen LogP contribution < -0.4 is 10.1 Å². The summed E-state index contributed by atoms with van der Waals surface area (Å²) in [5, 5.41) is 3.40. The number of halogens is 3. The van der Waals surface area contributed by atoms with E-state index in [1.54, 1.807) is 6.07 Å². The first-order valence-electron chi connectivity index (χ1n) is 7.57. The fraction of sp³-hybridized carbons (Fsp3) is 0.625. The topological polar surface area (TPSA) is 21.3 Å². The zero-order chi connectivity index (χ0) is 14.9. The predicted molar refractivity (Wildman–Crippen MR) is 73.8 cm³/mol. The molecule has 1 aromatic rings. The first-order chi connectivity index (χ1) is 10.0.